The number of nitrogens with two attached hydrogens (primary N) is 1. The summed E-state index contributed by atoms with van der Waals surface area (Å²) >= 11 is 1.03. The summed E-state index contributed by atoms with van der Waals surface area (Å²) in [6.07, 6.45) is 3.13. The molecule has 1 aliphatic carbocycles. The van der Waals surface area contributed by atoms with Gasteiger partial charge in [0.15, 0.2) is 16.9 Å². The molecule has 3 aromatic rings. The summed E-state index contributed by atoms with van der Waals surface area (Å²) in [5.74, 6) is -2.90. The van der Waals surface area contributed by atoms with Crippen LogP contribution in [0.25, 0.3) is 0 Å². The van der Waals surface area contributed by atoms with E-state index in [0.29, 0.717) is 17.1 Å². The first-order valence-corrected chi connectivity index (χ1v) is 17.0. The van der Waals surface area contributed by atoms with E-state index in [1.807, 2.05) is 60.7 Å². The maximum atomic E-state index is 13.6. The molecule has 0 unspecified atom stereocenters. The van der Waals surface area contributed by atoms with Crippen molar-refractivity contribution < 1.29 is 36.9 Å². The zero-order valence-electron chi connectivity index (χ0n) is 25.2. The van der Waals surface area contributed by atoms with E-state index in [1.54, 1.807) is 0 Å². The molecule has 2 fully saturated rings. The number of β-lactam (4-membered cyclic amide) rings is 1. The predicted molar refractivity (Wildman–Crippen MR) is 170 cm³/mol. The molecule has 2 atom stereocenters. The number of esters is 1. The van der Waals surface area contributed by atoms with Gasteiger partial charge in [0.05, 0.1) is 6.04 Å². The fourth-order valence-electron chi connectivity index (χ4n) is 5.68. The highest BCUT2D eigenvalue weighted by Crippen LogP contribution is 2.37. The lowest BCUT2D eigenvalue weighted by Crippen LogP contribution is -2.74. The number of carbonyl (C=O) groups excluding carboxylic acids is 3. The molecule has 2 amide bonds. The number of hydrogen-bond acceptors (Lipinski definition) is 11. The van der Waals surface area contributed by atoms with Gasteiger partial charge in [-0.15, -0.1) is 11.3 Å². The molecule has 0 spiro atoms. The van der Waals surface area contributed by atoms with Crippen LogP contribution in [0.5, 0.6) is 0 Å². The van der Waals surface area contributed by atoms with Crippen LogP contribution in [-0.2, 0) is 34.3 Å². The third-order valence-corrected chi connectivity index (χ3v) is 9.62. The van der Waals surface area contributed by atoms with Crippen molar-refractivity contribution in [2.24, 2.45) is 11.1 Å². The van der Waals surface area contributed by atoms with Crippen molar-refractivity contribution in [3.8, 4) is 0 Å². The molecule has 1 aliphatic heterocycles. The summed E-state index contributed by atoms with van der Waals surface area (Å²) in [7, 11) is -4.84. The Bertz CT molecular complexity index is 1670. The molecular weight excluding hydrogens is 635 g/mol. The molecular formula is C31H35N5O8S2. The van der Waals surface area contributed by atoms with Crippen molar-refractivity contribution in [1.29, 1.82) is 0 Å². The monoisotopic (exact) mass is 669 g/mol. The van der Waals surface area contributed by atoms with E-state index in [0.717, 1.165) is 41.7 Å². The SMILES string of the molecule is CC(C)(ON=C(C(=O)N[C@@H]1C(=O)N(S(=O)(=O)O)[C@H]1C1CCCCC1)c1csc(N)n1)C(=O)OC(c1ccccc1)c1ccccc1. The van der Waals surface area contributed by atoms with Crippen LogP contribution < -0.4 is 11.1 Å². The number of anilines is 1. The standard InChI is InChI=1S/C31H35N5O8S2/c1-31(2,29(39)43-26(20-14-8-4-9-15-20)21-16-10-5-11-17-21)44-35-23(22-18-45-30(32)33-22)27(37)34-24-25(19-12-6-3-7-13-19)36(28(24)38)46(40,41)42/h4-5,8-11,14-19,24-26H,3,6-7,12-13H2,1-2H3,(H2,32,33)(H,34,37)(H,40,41,42)/t24-,25-/m0/s1. The lowest BCUT2D eigenvalue weighted by Gasteiger charge is -2.48. The molecule has 2 aliphatic rings. The van der Waals surface area contributed by atoms with Crippen LogP contribution in [0.15, 0.2) is 71.2 Å². The van der Waals surface area contributed by atoms with Crippen LogP contribution in [0.1, 0.15) is 68.9 Å². The van der Waals surface area contributed by atoms with Gasteiger partial charge in [-0.05, 0) is 43.7 Å². The van der Waals surface area contributed by atoms with Crippen molar-refractivity contribution in [2.75, 3.05) is 5.73 Å². The van der Waals surface area contributed by atoms with Gasteiger partial charge in [0, 0.05) is 5.38 Å². The van der Waals surface area contributed by atoms with Crippen LogP contribution in [0.2, 0.25) is 0 Å². The maximum absolute atomic E-state index is 13.6. The minimum absolute atomic E-state index is 0.0169. The second-order valence-electron chi connectivity index (χ2n) is 11.7. The minimum atomic E-state index is -4.84. The average Bonchev–Trinajstić information content (AvgIpc) is 3.47. The fourth-order valence-corrected chi connectivity index (χ4v) is 7.17. The Morgan fingerprint density at radius 3 is 2.17 bits per heavy atom. The molecule has 244 valence electrons. The number of oxime groups is 1. The zero-order chi connectivity index (χ0) is 33.1. The second-order valence-corrected chi connectivity index (χ2v) is 13.8. The number of nitrogens with one attached hydrogen (secondary N) is 1. The molecule has 2 aromatic carbocycles. The van der Waals surface area contributed by atoms with Gasteiger partial charge in [0.2, 0.25) is 5.60 Å². The van der Waals surface area contributed by atoms with Crippen LogP contribution >= 0.6 is 11.3 Å². The number of hydrogen-bond donors (Lipinski definition) is 3. The lowest BCUT2D eigenvalue weighted by molar-refractivity contribution is -0.172. The quantitative estimate of drug-likeness (QED) is 0.0893. The summed E-state index contributed by atoms with van der Waals surface area (Å²) < 4.78 is 40.2. The molecule has 1 aromatic heterocycles. The van der Waals surface area contributed by atoms with Gasteiger partial charge in [0.25, 0.3) is 11.8 Å². The first kappa shape index (κ1) is 33.0. The normalized spacial score (nSPS) is 19.4. The summed E-state index contributed by atoms with van der Waals surface area (Å²) in [5.41, 5.74) is 5.20. The lowest BCUT2D eigenvalue weighted by atomic mass is 9.77. The highest BCUT2D eigenvalue weighted by atomic mass is 32.2. The summed E-state index contributed by atoms with van der Waals surface area (Å²) in [5, 5.41) is 8.13. The zero-order valence-corrected chi connectivity index (χ0v) is 26.9. The van der Waals surface area contributed by atoms with E-state index in [1.165, 1.54) is 19.2 Å². The fraction of sp³-hybridized carbons (Fsp3) is 0.387. The van der Waals surface area contributed by atoms with Gasteiger partial charge in [-0.1, -0.05) is 85.1 Å². The number of benzene rings is 2. The van der Waals surface area contributed by atoms with Gasteiger partial charge in [-0.25, -0.2) is 14.1 Å². The second kappa shape index (κ2) is 13.6. The molecule has 0 bridgehead atoms. The summed E-state index contributed by atoms with van der Waals surface area (Å²) in [6, 6.07) is 16.1. The first-order valence-electron chi connectivity index (χ1n) is 14.8. The van der Waals surface area contributed by atoms with E-state index in [2.05, 4.69) is 15.5 Å². The molecule has 2 heterocycles. The number of nitrogens with zero attached hydrogens (tertiary/aromatic N) is 3. The van der Waals surface area contributed by atoms with Gasteiger partial charge in [-0.2, -0.15) is 8.42 Å². The third-order valence-electron chi connectivity index (χ3n) is 8.03. The Balaban J connectivity index is 1.38. The molecule has 0 radical (unpaired) electrons. The van der Waals surface area contributed by atoms with E-state index >= 15 is 0 Å². The largest absolute Gasteiger partial charge is 0.450 e. The van der Waals surface area contributed by atoms with Crippen molar-refractivity contribution in [2.45, 2.75) is 69.7 Å². The number of carbonyl (C=O) groups is 3. The minimum Gasteiger partial charge on any atom is -0.450 e. The topological polar surface area (TPSA) is 191 Å². The highest BCUT2D eigenvalue weighted by molar-refractivity contribution is 7.84. The smallest absolute Gasteiger partial charge is 0.362 e. The summed E-state index contributed by atoms with van der Waals surface area (Å²) in [6.45, 7) is 2.85. The summed E-state index contributed by atoms with van der Waals surface area (Å²) in [4.78, 5) is 49.8. The molecule has 5 rings (SSSR count). The highest BCUT2D eigenvalue weighted by Gasteiger charge is 2.57. The number of ether oxygens (including phenoxy) is 1. The number of nitrogen functional groups attached to an aromatic ring is 1. The Kier molecular flexibility index (Phi) is 9.74. The predicted octanol–water partition coefficient (Wildman–Crippen LogP) is 3.64. The molecule has 1 saturated heterocycles. The Hall–Kier alpha value is -4.34. The Morgan fingerprint density at radius 1 is 1.07 bits per heavy atom. The average molecular weight is 670 g/mol. The molecule has 15 heteroatoms. The van der Waals surface area contributed by atoms with E-state index in [-0.39, 0.29) is 16.7 Å². The van der Waals surface area contributed by atoms with Crippen molar-refractivity contribution in [3.05, 3.63) is 82.9 Å². The maximum Gasteiger partial charge on any atom is 0.362 e. The van der Waals surface area contributed by atoms with E-state index < -0.39 is 57.6 Å². The Morgan fingerprint density at radius 2 is 1.65 bits per heavy atom. The van der Waals surface area contributed by atoms with E-state index in [9.17, 15) is 27.4 Å². The van der Waals surface area contributed by atoms with Crippen molar-refractivity contribution in [3.63, 3.8) is 0 Å². The van der Waals surface area contributed by atoms with Crippen LogP contribution in [0.4, 0.5) is 5.13 Å². The molecule has 46 heavy (non-hydrogen) atoms. The molecule has 1 saturated carbocycles. The van der Waals surface area contributed by atoms with Crippen LogP contribution in [-0.4, -0.2) is 63.4 Å². The van der Waals surface area contributed by atoms with Crippen LogP contribution in [0.3, 0.4) is 0 Å². The number of aromatic nitrogens is 1. The number of rotatable bonds is 11. The van der Waals surface area contributed by atoms with Gasteiger partial charge in [0.1, 0.15) is 11.7 Å². The van der Waals surface area contributed by atoms with Crippen molar-refractivity contribution in [1.82, 2.24) is 14.6 Å². The van der Waals surface area contributed by atoms with E-state index in [4.69, 9.17) is 15.3 Å². The Labute approximate surface area is 270 Å². The number of thiazole rings is 1. The van der Waals surface area contributed by atoms with Gasteiger partial charge < -0.3 is 20.6 Å². The molecule has 4 N–H and O–H groups in total. The van der Waals surface area contributed by atoms with Crippen molar-refractivity contribution >= 4 is 50.3 Å². The molecule has 13 nitrogen and oxygen atoms in total. The third kappa shape index (κ3) is 7.21. The number of amides is 2. The van der Waals surface area contributed by atoms with Gasteiger partial charge in [-0.3, -0.25) is 14.1 Å². The van der Waals surface area contributed by atoms with Gasteiger partial charge >= 0.3 is 16.3 Å². The van der Waals surface area contributed by atoms with Crippen LogP contribution in [0, 0.1) is 5.92 Å². The first-order chi connectivity index (χ1) is 21.9.